The largest absolute Gasteiger partial charge is 0.353 e. The molecule has 0 spiro atoms. The first-order valence-electron chi connectivity index (χ1n) is 11.6. The Morgan fingerprint density at radius 3 is 2.16 bits per heavy atom. The summed E-state index contributed by atoms with van der Waals surface area (Å²) in [5, 5.41) is 0. The smallest absolute Gasteiger partial charge is 0.186 e. The Morgan fingerprint density at radius 1 is 0.750 bits per heavy atom. The molecule has 2 aliphatic heterocycles. The van der Waals surface area contributed by atoms with Gasteiger partial charge in [-0.05, 0) is 29.9 Å². The highest BCUT2D eigenvalue weighted by molar-refractivity contribution is 6.11. The topological polar surface area (TPSA) is 54.5 Å². The first-order chi connectivity index (χ1) is 15.6. The zero-order valence-corrected chi connectivity index (χ0v) is 17.5. The van der Waals surface area contributed by atoms with Gasteiger partial charge in [0.25, 0.3) is 0 Å². The SMILES string of the molecule is O=C1C2C3C=CC(C3)C2C(=O)C2C1C1C=Cc3ccccc3N1C2C(=O)c1ccccc1. The van der Waals surface area contributed by atoms with Crippen molar-refractivity contribution < 1.29 is 14.4 Å². The second-order valence-corrected chi connectivity index (χ2v) is 9.85. The molecule has 2 saturated carbocycles. The van der Waals surface area contributed by atoms with Gasteiger partial charge in [-0.15, -0.1) is 0 Å². The van der Waals surface area contributed by atoms with E-state index in [0.717, 1.165) is 17.7 Å². The summed E-state index contributed by atoms with van der Waals surface area (Å²) in [6.45, 7) is 0. The third-order valence-corrected chi connectivity index (χ3v) is 8.50. The molecule has 2 aromatic carbocycles. The van der Waals surface area contributed by atoms with Gasteiger partial charge in [-0.25, -0.2) is 0 Å². The predicted octanol–water partition coefficient (Wildman–Crippen LogP) is 3.98. The summed E-state index contributed by atoms with van der Waals surface area (Å²) in [4.78, 5) is 44.0. The summed E-state index contributed by atoms with van der Waals surface area (Å²) in [7, 11) is 0. The minimum Gasteiger partial charge on any atom is -0.353 e. The molecule has 3 aliphatic carbocycles. The normalized spacial score (nSPS) is 37.8. The highest BCUT2D eigenvalue weighted by atomic mass is 16.2. The summed E-state index contributed by atoms with van der Waals surface area (Å²) < 4.78 is 0. The zero-order chi connectivity index (χ0) is 21.6. The lowest BCUT2D eigenvalue weighted by Gasteiger charge is -2.38. The van der Waals surface area contributed by atoms with Crippen LogP contribution in [-0.2, 0) is 9.59 Å². The van der Waals surface area contributed by atoms with Gasteiger partial charge in [0.1, 0.15) is 17.6 Å². The molecule has 1 saturated heterocycles. The summed E-state index contributed by atoms with van der Waals surface area (Å²) in [5.74, 6) is -0.933. The molecule has 32 heavy (non-hydrogen) atoms. The molecule has 4 nitrogen and oxygen atoms in total. The maximum atomic E-state index is 14.0. The van der Waals surface area contributed by atoms with Crippen LogP contribution in [0.2, 0.25) is 0 Å². The van der Waals surface area contributed by atoms with E-state index in [1.165, 1.54) is 0 Å². The van der Waals surface area contributed by atoms with E-state index in [1.807, 2.05) is 66.7 Å². The Morgan fingerprint density at radius 2 is 1.41 bits per heavy atom. The fourth-order valence-electron chi connectivity index (χ4n) is 7.31. The number of carbonyl (C=O) groups excluding carboxylic acids is 3. The van der Waals surface area contributed by atoms with E-state index in [4.69, 9.17) is 0 Å². The van der Waals surface area contributed by atoms with Crippen molar-refractivity contribution in [2.75, 3.05) is 4.90 Å². The van der Waals surface area contributed by atoms with E-state index in [0.29, 0.717) is 5.56 Å². The van der Waals surface area contributed by atoms with Crippen molar-refractivity contribution in [2.24, 2.45) is 35.5 Å². The number of para-hydroxylation sites is 1. The number of hydrogen-bond acceptors (Lipinski definition) is 4. The molecule has 8 unspecified atom stereocenters. The number of nitrogens with zero attached hydrogens (tertiary/aromatic N) is 1. The maximum Gasteiger partial charge on any atom is 0.186 e. The van der Waals surface area contributed by atoms with Crippen molar-refractivity contribution in [1.29, 1.82) is 0 Å². The number of ketones is 3. The van der Waals surface area contributed by atoms with Crippen molar-refractivity contribution in [1.82, 2.24) is 0 Å². The quantitative estimate of drug-likeness (QED) is 0.544. The fraction of sp³-hybridized carbons (Fsp3) is 0.321. The molecule has 2 aromatic rings. The van der Waals surface area contributed by atoms with Crippen LogP contribution in [0.5, 0.6) is 0 Å². The lowest BCUT2D eigenvalue weighted by atomic mass is 9.61. The lowest BCUT2D eigenvalue weighted by molar-refractivity contribution is -0.146. The molecular weight excluding hydrogens is 398 g/mol. The van der Waals surface area contributed by atoms with Crippen LogP contribution in [0.25, 0.3) is 6.08 Å². The van der Waals surface area contributed by atoms with Gasteiger partial charge >= 0.3 is 0 Å². The van der Waals surface area contributed by atoms with E-state index in [-0.39, 0.29) is 47.1 Å². The van der Waals surface area contributed by atoms with Crippen molar-refractivity contribution in [3.05, 3.63) is 84.0 Å². The molecule has 0 radical (unpaired) electrons. The number of benzene rings is 2. The van der Waals surface area contributed by atoms with Gasteiger partial charge in [0.2, 0.25) is 0 Å². The number of allylic oxidation sites excluding steroid dienone is 2. The third kappa shape index (κ3) is 2.20. The number of Topliss-reactive ketones (excluding diaryl/α,β-unsaturated/α-hetero) is 3. The maximum absolute atomic E-state index is 14.0. The molecule has 7 rings (SSSR count). The van der Waals surface area contributed by atoms with Crippen LogP contribution in [-0.4, -0.2) is 29.4 Å². The number of fused-ring (bicyclic) bond motifs is 10. The van der Waals surface area contributed by atoms with Crippen molar-refractivity contribution in [3.63, 3.8) is 0 Å². The van der Waals surface area contributed by atoms with Crippen LogP contribution in [0, 0.1) is 35.5 Å². The van der Waals surface area contributed by atoms with E-state index in [2.05, 4.69) is 17.1 Å². The average Bonchev–Trinajstić information content (AvgIpc) is 3.54. The molecule has 3 fully saturated rings. The second-order valence-electron chi connectivity index (χ2n) is 9.85. The number of hydrogen-bond donors (Lipinski definition) is 0. The van der Waals surface area contributed by atoms with E-state index in [1.54, 1.807) is 0 Å². The van der Waals surface area contributed by atoms with Gasteiger partial charge in [0.15, 0.2) is 5.78 Å². The van der Waals surface area contributed by atoms with Gasteiger partial charge < -0.3 is 4.90 Å². The molecule has 5 aliphatic rings. The summed E-state index contributed by atoms with van der Waals surface area (Å²) in [5.41, 5.74) is 2.56. The van der Waals surface area contributed by atoms with Gasteiger partial charge in [-0.1, -0.05) is 72.8 Å². The van der Waals surface area contributed by atoms with Gasteiger partial charge in [-0.3, -0.25) is 14.4 Å². The van der Waals surface area contributed by atoms with Crippen LogP contribution in [0.1, 0.15) is 22.3 Å². The van der Waals surface area contributed by atoms with Gasteiger partial charge in [0, 0.05) is 23.1 Å². The molecule has 4 heteroatoms. The number of rotatable bonds is 2. The standard InChI is InChI=1S/C28H23NO3/c30-26(16-7-2-1-3-8-16)25-24-23(20-13-12-15-6-4-5-9-19(15)29(20)25)27(31)21-17-10-11-18(14-17)22(21)28(24)32/h1-13,17-18,20-25H,14H2. The third-order valence-electron chi connectivity index (χ3n) is 8.50. The second kappa shape index (κ2) is 6.38. The highest BCUT2D eigenvalue weighted by Crippen LogP contribution is 2.58. The van der Waals surface area contributed by atoms with Crippen LogP contribution < -0.4 is 4.90 Å². The highest BCUT2D eigenvalue weighted by Gasteiger charge is 2.67. The van der Waals surface area contributed by atoms with E-state index < -0.39 is 17.9 Å². The minimum absolute atomic E-state index is 0.0634. The molecule has 2 heterocycles. The molecule has 0 aromatic heterocycles. The first kappa shape index (κ1) is 18.3. The van der Waals surface area contributed by atoms with Crippen LogP contribution >= 0.6 is 0 Å². The van der Waals surface area contributed by atoms with Crippen LogP contribution in [0.4, 0.5) is 5.69 Å². The van der Waals surface area contributed by atoms with E-state index >= 15 is 0 Å². The minimum atomic E-state index is -0.654. The average molecular weight is 421 g/mol. The molecule has 158 valence electrons. The van der Waals surface area contributed by atoms with Crippen LogP contribution in [0.3, 0.4) is 0 Å². The molecule has 2 bridgehead atoms. The fourth-order valence-corrected chi connectivity index (χ4v) is 7.31. The summed E-state index contributed by atoms with van der Waals surface area (Å²) in [6.07, 6.45) is 9.27. The van der Waals surface area contributed by atoms with Crippen molar-refractivity contribution in [3.8, 4) is 0 Å². The molecule has 0 amide bonds. The predicted molar refractivity (Wildman–Crippen MR) is 121 cm³/mol. The molecule has 0 N–H and O–H groups in total. The van der Waals surface area contributed by atoms with Gasteiger partial charge in [0.05, 0.1) is 17.9 Å². The molecule has 8 atom stereocenters. The van der Waals surface area contributed by atoms with Crippen LogP contribution in [0.15, 0.2) is 72.8 Å². The Bertz CT molecular complexity index is 1230. The Kier molecular flexibility index (Phi) is 3.65. The Hall–Kier alpha value is -3.27. The molecular formula is C28H23NO3. The van der Waals surface area contributed by atoms with E-state index in [9.17, 15) is 14.4 Å². The monoisotopic (exact) mass is 421 g/mol. The first-order valence-corrected chi connectivity index (χ1v) is 11.6. The summed E-state index contributed by atoms with van der Waals surface area (Å²) in [6, 6.07) is 16.3. The summed E-state index contributed by atoms with van der Waals surface area (Å²) >= 11 is 0. The number of anilines is 1. The zero-order valence-electron chi connectivity index (χ0n) is 17.5. The van der Waals surface area contributed by atoms with Gasteiger partial charge in [-0.2, -0.15) is 0 Å². The Labute approximate surface area is 186 Å². The lowest BCUT2D eigenvalue weighted by Crippen LogP contribution is -2.52. The Balaban J connectivity index is 1.41. The number of carbonyl (C=O) groups is 3. The van der Waals surface area contributed by atoms with Crippen molar-refractivity contribution in [2.45, 2.75) is 18.5 Å². The van der Waals surface area contributed by atoms with Crippen molar-refractivity contribution >= 4 is 29.1 Å².